The highest BCUT2D eigenvalue weighted by Gasteiger charge is 2.67. The van der Waals surface area contributed by atoms with Crippen molar-refractivity contribution in [3.63, 3.8) is 0 Å². The first-order chi connectivity index (χ1) is 27.5. The fourth-order valence-electron chi connectivity index (χ4n) is 6.95. The van der Waals surface area contributed by atoms with E-state index >= 15 is 4.39 Å². The number of aliphatic hydroxyl groups is 1. The van der Waals surface area contributed by atoms with Gasteiger partial charge in [0.15, 0.2) is 52.9 Å². The molecule has 298 valence electrons. The third kappa shape index (κ3) is 7.44. The summed E-state index contributed by atoms with van der Waals surface area (Å²) in [6.07, 6.45) is -5.07. The lowest BCUT2D eigenvalue weighted by Gasteiger charge is -2.33. The van der Waals surface area contributed by atoms with Crippen LogP contribution in [-0.4, -0.2) is 117 Å². The minimum Gasteiger partial charge on any atom is -0.394 e. The number of H-pyrrole nitrogens is 1. The van der Waals surface area contributed by atoms with Gasteiger partial charge in [-0.3, -0.25) is 23.2 Å². The summed E-state index contributed by atoms with van der Waals surface area (Å²) in [7, 11) is -3.22. The lowest BCUT2D eigenvalue weighted by Crippen LogP contribution is -2.45. The van der Waals surface area contributed by atoms with Gasteiger partial charge in [0.2, 0.25) is 0 Å². The minimum atomic E-state index is -4.10. The molecule has 3 N–H and O–H groups in total. The van der Waals surface area contributed by atoms with Gasteiger partial charge < -0.3 is 33.3 Å². The Kier molecular flexibility index (Phi) is 11.1. The first kappa shape index (κ1) is 39.4. The quantitative estimate of drug-likeness (QED) is 0.0726. The molecule has 10 atom stereocenters. The molecule has 0 radical (unpaired) electrons. The number of hydrogen-bond acceptors (Lipinski definition) is 18. The molecule has 0 saturated carbocycles. The molecule has 0 amide bonds. The largest absolute Gasteiger partial charge is 0.695 e. The number of imidazole rings is 2. The third-order valence-corrected chi connectivity index (χ3v) is 12.3. The molecule has 4 aromatic heterocycles. The van der Waals surface area contributed by atoms with Crippen LogP contribution < -0.4 is 5.56 Å². The number of carbonyl (C=O) groups is 1. The van der Waals surface area contributed by atoms with Gasteiger partial charge in [0.05, 0.1) is 70.0 Å². The molecular formula is C32H31FN9O12P2S+. The topological polar surface area (TPSA) is 270 Å². The van der Waals surface area contributed by atoms with E-state index in [-0.39, 0.29) is 48.6 Å². The molecule has 0 aliphatic carbocycles. The number of Topliss-reactive ketones (excluding diaryl/α,β-unsaturated/α-hetero) is 1. The number of rotatable bonds is 16. The first-order valence-corrected chi connectivity index (χ1v) is 20.9. The van der Waals surface area contributed by atoms with Crippen molar-refractivity contribution in [1.29, 1.82) is 5.26 Å². The van der Waals surface area contributed by atoms with Crippen molar-refractivity contribution in [2.24, 2.45) is 0 Å². The predicted molar refractivity (Wildman–Crippen MR) is 192 cm³/mol. The monoisotopic (exact) mass is 846 g/mol. The smallest absolute Gasteiger partial charge is 0.394 e. The zero-order valence-corrected chi connectivity index (χ0v) is 31.8. The summed E-state index contributed by atoms with van der Waals surface area (Å²) in [5.41, 5.74) is -0.853. The molecule has 3 aliphatic heterocycles. The van der Waals surface area contributed by atoms with Crippen LogP contribution in [0.15, 0.2) is 60.4 Å². The molecule has 57 heavy (non-hydrogen) atoms. The Balaban J connectivity index is 1.05. The highest BCUT2D eigenvalue weighted by atomic mass is 32.5. The second-order valence-electron chi connectivity index (χ2n) is 13.0. The van der Waals surface area contributed by atoms with Gasteiger partial charge in [0.25, 0.3) is 5.56 Å². The number of aromatic amines is 1. The number of hydrogen-bond donors (Lipinski definition) is 3. The van der Waals surface area contributed by atoms with E-state index in [0.717, 1.165) is 12.7 Å². The highest BCUT2D eigenvalue weighted by Crippen LogP contribution is 2.57. The normalized spacial score (nSPS) is 28.2. The van der Waals surface area contributed by atoms with Crippen molar-refractivity contribution < 1.29 is 56.1 Å². The number of nitrogens with one attached hydrogen (secondary N) is 1. The average Bonchev–Trinajstić information content (AvgIpc) is 4.03. The van der Waals surface area contributed by atoms with E-state index in [9.17, 15) is 29.4 Å². The summed E-state index contributed by atoms with van der Waals surface area (Å²) in [6.45, 7) is -5.91. The van der Waals surface area contributed by atoms with E-state index < -0.39 is 82.4 Å². The molecule has 21 nitrogen and oxygen atoms in total. The molecular weight excluding hydrogens is 815 g/mol. The maximum absolute atomic E-state index is 16.3. The number of fused-ring (bicyclic) bond motifs is 4. The van der Waals surface area contributed by atoms with Crippen LogP contribution >= 0.6 is 15.0 Å². The Hall–Kier alpha value is -4.40. The zero-order valence-electron chi connectivity index (χ0n) is 29.2. The average molecular weight is 847 g/mol. The summed E-state index contributed by atoms with van der Waals surface area (Å²) in [6, 6.07) is 10.6. The van der Waals surface area contributed by atoms with Gasteiger partial charge in [0.1, 0.15) is 30.2 Å². The van der Waals surface area contributed by atoms with Gasteiger partial charge >= 0.3 is 15.0 Å². The van der Waals surface area contributed by atoms with Crippen LogP contribution in [-0.2, 0) is 55.1 Å². The van der Waals surface area contributed by atoms with Crippen molar-refractivity contribution in [2.45, 2.75) is 61.5 Å². The molecule has 3 aliphatic rings. The van der Waals surface area contributed by atoms with E-state index in [2.05, 4.69) is 29.9 Å². The van der Waals surface area contributed by atoms with E-state index in [4.69, 9.17) is 44.1 Å². The number of carbonyl (C=O) groups excluding carboxylic acids is 1. The number of halogens is 1. The molecule has 1 aromatic carbocycles. The third-order valence-electron chi connectivity index (χ3n) is 9.58. The van der Waals surface area contributed by atoms with E-state index in [0.29, 0.717) is 16.8 Å². The second-order valence-corrected chi connectivity index (χ2v) is 16.7. The molecule has 8 rings (SSSR count). The van der Waals surface area contributed by atoms with Crippen LogP contribution in [0.2, 0.25) is 0 Å². The van der Waals surface area contributed by atoms with Crippen LogP contribution in [0.25, 0.3) is 22.3 Å². The van der Waals surface area contributed by atoms with Gasteiger partial charge in [-0.25, -0.2) is 29.3 Å². The number of ketones is 1. The van der Waals surface area contributed by atoms with Crippen LogP contribution in [0.4, 0.5) is 4.39 Å². The highest BCUT2D eigenvalue weighted by molar-refractivity contribution is 8.07. The fraction of sp³-hybridized carbons (Fsp3) is 0.438. The minimum absolute atomic E-state index is 0.00908. The molecule has 5 aromatic rings. The van der Waals surface area contributed by atoms with Crippen molar-refractivity contribution in [1.82, 2.24) is 39.0 Å². The number of alkyl halides is 1. The number of nitriles is 1. The van der Waals surface area contributed by atoms with E-state index in [1.807, 2.05) is 6.07 Å². The zero-order chi connectivity index (χ0) is 39.9. The summed E-state index contributed by atoms with van der Waals surface area (Å²) >= 11 is 5.72. The Morgan fingerprint density at radius 2 is 1.88 bits per heavy atom. The SMILES string of the molecule is N#CCCOP(=S)(OC[C@]12CO[C@@H]([C@H](n3cnc4c(CC(=O)c5ccccc5)ncnc43)O1)[C@@H]2O[P+](=O)O)O[C@H]1[C@@H](F)[C@H](n2cnc3c(=O)[nH]cnc32)O[C@@H]1CO. The van der Waals surface area contributed by atoms with Gasteiger partial charge in [-0.2, -0.15) is 5.26 Å². The van der Waals surface area contributed by atoms with E-state index in [1.54, 1.807) is 30.3 Å². The maximum Gasteiger partial charge on any atom is 0.695 e. The Morgan fingerprint density at radius 1 is 1.12 bits per heavy atom. The number of ether oxygens (including phenoxy) is 3. The molecule has 7 heterocycles. The second kappa shape index (κ2) is 16.1. The summed E-state index contributed by atoms with van der Waals surface area (Å²) in [4.78, 5) is 58.7. The molecule has 0 spiro atoms. The van der Waals surface area contributed by atoms with Gasteiger partial charge in [-0.05, 0) is 11.8 Å². The van der Waals surface area contributed by atoms with Crippen molar-refractivity contribution in [2.75, 3.05) is 26.4 Å². The molecule has 2 unspecified atom stereocenters. The van der Waals surface area contributed by atoms with Crippen LogP contribution in [0.3, 0.4) is 0 Å². The fourth-order valence-corrected chi connectivity index (χ4v) is 9.57. The van der Waals surface area contributed by atoms with Crippen LogP contribution in [0.1, 0.15) is 34.9 Å². The molecule has 25 heteroatoms. The van der Waals surface area contributed by atoms with Crippen LogP contribution in [0, 0.1) is 11.3 Å². The van der Waals surface area contributed by atoms with Crippen molar-refractivity contribution >= 4 is 54.9 Å². The van der Waals surface area contributed by atoms with E-state index in [1.165, 1.54) is 21.8 Å². The summed E-state index contributed by atoms with van der Waals surface area (Å²) < 4.78 is 72.8. The molecule has 3 fully saturated rings. The predicted octanol–water partition coefficient (Wildman–Crippen LogP) is 1.87. The van der Waals surface area contributed by atoms with Crippen molar-refractivity contribution in [3.05, 3.63) is 77.3 Å². The standard InChI is InChI=1S/C32H30FN9O12P2S/c33-21-24(20(10-43)51-30(21)41-16-40-23-28(41)37-14-38-29(23)45)54-56(57,49-8-4-7-34)50-12-32-11-48-25(26(32)53-55(46)47)31(52-32)42-15-39-22-18(35-13-36-27(22)42)9-19(44)17-5-2-1-3-6-17/h1-3,5-6,13-16,20-21,24-26,30-31,43H,4,8-12H2,(H-,37,38,45,46,47)/p+1/t20-,21-,24-,25-,26+,30-,31-,32+,56?/m1/s1. The molecule has 2 bridgehead atoms. The van der Waals surface area contributed by atoms with Crippen molar-refractivity contribution in [3.8, 4) is 6.07 Å². The van der Waals surface area contributed by atoms with Gasteiger partial charge in [0, 0.05) is 10.1 Å². The Bertz CT molecular complexity index is 2470. The lowest BCUT2D eigenvalue weighted by atomic mass is 10.0. The number of aromatic nitrogens is 8. The summed E-state index contributed by atoms with van der Waals surface area (Å²) in [5, 5.41) is 19.4. The Labute approximate surface area is 325 Å². The molecule has 3 saturated heterocycles. The van der Waals surface area contributed by atoms with Gasteiger partial charge in [-0.1, -0.05) is 30.3 Å². The summed E-state index contributed by atoms with van der Waals surface area (Å²) in [5.74, 6) is -0.191. The number of benzene rings is 1. The first-order valence-electron chi connectivity index (χ1n) is 17.2. The Morgan fingerprint density at radius 3 is 2.63 bits per heavy atom. The van der Waals surface area contributed by atoms with Crippen LogP contribution in [0.5, 0.6) is 0 Å². The number of aliphatic hydroxyl groups excluding tert-OH is 1. The lowest BCUT2D eigenvalue weighted by molar-refractivity contribution is -0.183. The van der Waals surface area contributed by atoms with Gasteiger partial charge in [-0.15, -0.1) is 9.42 Å². The maximum atomic E-state index is 16.3. The number of nitrogens with zero attached hydrogens (tertiary/aromatic N) is 8.